The number of thiazole rings is 1. The third-order valence-electron chi connectivity index (χ3n) is 3.59. The molecule has 0 amide bonds. The van der Waals surface area contributed by atoms with Crippen molar-refractivity contribution < 1.29 is 4.74 Å². The molecule has 0 saturated carbocycles. The quantitative estimate of drug-likeness (QED) is 0.809. The maximum Gasteiger partial charge on any atom is 0.236 e. The summed E-state index contributed by atoms with van der Waals surface area (Å²) in [6.07, 6.45) is 0. The van der Waals surface area contributed by atoms with E-state index in [0.29, 0.717) is 11.8 Å². The zero-order valence-corrected chi connectivity index (χ0v) is 12.0. The fraction of sp³-hybridized carbons (Fsp3) is 0.692. The molecule has 0 radical (unpaired) electrons. The number of aromatic nitrogens is 1. The topological polar surface area (TPSA) is 34.5 Å². The molecule has 94 valence electrons. The Hall–Kier alpha value is -0.900. The molecule has 0 spiro atoms. The summed E-state index contributed by atoms with van der Waals surface area (Å²) in [7, 11) is 0. The minimum atomic E-state index is -0.216. The monoisotopic (exact) mass is 252 g/mol. The van der Waals surface area contributed by atoms with Crippen LogP contribution in [0.15, 0.2) is 15.9 Å². The van der Waals surface area contributed by atoms with Crippen LogP contribution < -0.4 is 0 Å². The Kier molecular flexibility index (Phi) is 3.02. The number of nitrogens with zero attached hydrogens (tertiary/aromatic N) is 2. The molecule has 0 N–H and O–H groups in total. The molecule has 3 nitrogen and oxygen atoms in total. The van der Waals surface area contributed by atoms with E-state index in [-0.39, 0.29) is 11.0 Å². The van der Waals surface area contributed by atoms with Crippen LogP contribution >= 0.6 is 11.3 Å². The Balaban J connectivity index is 2.27. The van der Waals surface area contributed by atoms with E-state index in [9.17, 15) is 0 Å². The van der Waals surface area contributed by atoms with Crippen LogP contribution in [0.4, 0.5) is 0 Å². The average Bonchev–Trinajstić information content (AvgIpc) is 2.86. The van der Waals surface area contributed by atoms with E-state index >= 15 is 0 Å². The Bertz CT molecular complexity index is 417. The second-order valence-electron chi connectivity index (χ2n) is 5.89. The van der Waals surface area contributed by atoms with Crippen LogP contribution in [0, 0.1) is 11.3 Å². The van der Waals surface area contributed by atoms with Gasteiger partial charge in [-0.25, -0.2) is 9.98 Å². The van der Waals surface area contributed by atoms with Crippen LogP contribution in [-0.4, -0.2) is 23.0 Å². The normalized spacial score (nSPS) is 24.9. The van der Waals surface area contributed by atoms with Gasteiger partial charge in [-0.2, -0.15) is 0 Å². The molecule has 0 bridgehead atoms. The van der Waals surface area contributed by atoms with Crippen molar-refractivity contribution in [2.45, 2.75) is 40.2 Å². The maximum atomic E-state index is 6.21. The summed E-state index contributed by atoms with van der Waals surface area (Å²) in [5.41, 5.74) is 2.52. The summed E-state index contributed by atoms with van der Waals surface area (Å²) in [6, 6.07) is 0. The van der Waals surface area contributed by atoms with Crippen LogP contribution in [0.2, 0.25) is 0 Å². The molecule has 0 fully saturated rings. The lowest BCUT2D eigenvalue weighted by Gasteiger charge is -2.43. The van der Waals surface area contributed by atoms with E-state index in [0.717, 1.165) is 12.2 Å². The minimum Gasteiger partial charge on any atom is -0.467 e. The van der Waals surface area contributed by atoms with Gasteiger partial charge < -0.3 is 4.74 Å². The van der Waals surface area contributed by atoms with Gasteiger partial charge in [-0.15, -0.1) is 11.3 Å². The first-order valence-corrected chi connectivity index (χ1v) is 6.93. The Morgan fingerprint density at radius 1 is 1.41 bits per heavy atom. The van der Waals surface area contributed by atoms with Crippen molar-refractivity contribution in [3.63, 3.8) is 0 Å². The van der Waals surface area contributed by atoms with Gasteiger partial charge in [-0.05, 0) is 5.92 Å². The number of ether oxygens (including phenoxy) is 1. The Labute approximate surface area is 107 Å². The summed E-state index contributed by atoms with van der Waals surface area (Å²) in [5.74, 6) is 1.12. The highest BCUT2D eigenvalue weighted by Gasteiger charge is 2.50. The zero-order valence-electron chi connectivity index (χ0n) is 11.2. The molecule has 0 aliphatic carbocycles. The van der Waals surface area contributed by atoms with Gasteiger partial charge in [0.2, 0.25) is 5.90 Å². The Morgan fingerprint density at radius 3 is 2.53 bits per heavy atom. The number of aliphatic imine (C=N–C) groups is 1. The predicted octanol–water partition coefficient (Wildman–Crippen LogP) is 3.36. The molecule has 1 unspecified atom stereocenters. The summed E-state index contributed by atoms with van der Waals surface area (Å²) in [6.45, 7) is 11.8. The standard InChI is InChI=1S/C13H20N2OS/c1-9(2)13(12(3,4)5)7-14-11(16-13)10-6-17-8-15-10/h6,8-9H,7H2,1-5H3. The molecule has 1 atom stereocenters. The smallest absolute Gasteiger partial charge is 0.236 e. The lowest BCUT2D eigenvalue weighted by atomic mass is 9.70. The largest absolute Gasteiger partial charge is 0.467 e. The second-order valence-corrected chi connectivity index (χ2v) is 6.61. The molecular formula is C13H20N2OS. The fourth-order valence-corrected chi connectivity index (χ4v) is 2.96. The summed E-state index contributed by atoms with van der Waals surface area (Å²) in [5, 5.41) is 1.98. The Morgan fingerprint density at radius 2 is 2.12 bits per heavy atom. The maximum absolute atomic E-state index is 6.21. The van der Waals surface area contributed by atoms with Crippen molar-refractivity contribution in [3.05, 3.63) is 16.6 Å². The second kappa shape index (κ2) is 4.09. The summed E-state index contributed by atoms with van der Waals surface area (Å²) >= 11 is 1.57. The van der Waals surface area contributed by atoms with E-state index in [4.69, 9.17) is 4.74 Å². The highest BCUT2D eigenvalue weighted by molar-refractivity contribution is 7.07. The molecule has 1 aromatic rings. The number of rotatable bonds is 2. The molecule has 4 heteroatoms. The van der Waals surface area contributed by atoms with Gasteiger partial charge in [0.1, 0.15) is 11.3 Å². The number of hydrogen-bond donors (Lipinski definition) is 0. The minimum absolute atomic E-state index is 0.0580. The van der Waals surface area contributed by atoms with Crippen LogP contribution in [0.1, 0.15) is 40.3 Å². The van der Waals surface area contributed by atoms with Gasteiger partial charge in [0.25, 0.3) is 0 Å². The zero-order chi connectivity index (χ0) is 12.7. The average molecular weight is 252 g/mol. The van der Waals surface area contributed by atoms with E-state index < -0.39 is 0 Å². The van der Waals surface area contributed by atoms with Crippen LogP contribution in [0.5, 0.6) is 0 Å². The van der Waals surface area contributed by atoms with Crippen LogP contribution in [-0.2, 0) is 4.74 Å². The lowest BCUT2D eigenvalue weighted by molar-refractivity contribution is -0.0572. The molecule has 1 aromatic heterocycles. The molecule has 17 heavy (non-hydrogen) atoms. The van der Waals surface area contributed by atoms with E-state index in [1.54, 1.807) is 11.3 Å². The van der Waals surface area contributed by atoms with Gasteiger partial charge >= 0.3 is 0 Å². The van der Waals surface area contributed by atoms with Gasteiger partial charge in [0.15, 0.2) is 0 Å². The van der Waals surface area contributed by atoms with Gasteiger partial charge in [-0.1, -0.05) is 34.6 Å². The SMILES string of the molecule is CC(C)C1(C(C)(C)C)CN=C(c2cscn2)O1. The van der Waals surface area contributed by atoms with Crippen molar-refractivity contribution in [1.82, 2.24) is 4.98 Å². The van der Waals surface area contributed by atoms with E-state index in [1.807, 2.05) is 10.9 Å². The van der Waals surface area contributed by atoms with Crippen molar-refractivity contribution in [2.75, 3.05) is 6.54 Å². The van der Waals surface area contributed by atoms with Crippen LogP contribution in [0.3, 0.4) is 0 Å². The highest BCUT2D eigenvalue weighted by atomic mass is 32.1. The van der Waals surface area contributed by atoms with Gasteiger partial charge in [0, 0.05) is 10.8 Å². The van der Waals surface area contributed by atoms with E-state index in [1.165, 1.54) is 0 Å². The van der Waals surface area contributed by atoms with Gasteiger partial charge in [-0.3, -0.25) is 0 Å². The molecule has 1 aliphatic rings. The van der Waals surface area contributed by atoms with Gasteiger partial charge in [0.05, 0.1) is 12.1 Å². The lowest BCUT2D eigenvalue weighted by Crippen LogP contribution is -2.50. The van der Waals surface area contributed by atoms with Crippen LogP contribution in [0.25, 0.3) is 0 Å². The summed E-state index contributed by atoms with van der Waals surface area (Å²) in [4.78, 5) is 8.83. The van der Waals surface area contributed by atoms with Crippen molar-refractivity contribution >= 4 is 17.2 Å². The third-order valence-corrected chi connectivity index (χ3v) is 4.18. The molecule has 0 aromatic carbocycles. The molecule has 1 aliphatic heterocycles. The van der Waals surface area contributed by atoms with Crippen molar-refractivity contribution in [1.29, 1.82) is 0 Å². The third kappa shape index (κ3) is 1.99. The summed E-state index contributed by atoms with van der Waals surface area (Å²) < 4.78 is 6.21. The molecule has 0 saturated heterocycles. The van der Waals surface area contributed by atoms with Crippen molar-refractivity contribution in [3.8, 4) is 0 Å². The van der Waals surface area contributed by atoms with Crippen molar-refractivity contribution in [2.24, 2.45) is 16.3 Å². The highest BCUT2D eigenvalue weighted by Crippen LogP contribution is 2.43. The number of hydrogen-bond acceptors (Lipinski definition) is 4. The predicted molar refractivity (Wildman–Crippen MR) is 71.6 cm³/mol. The molecule has 2 rings (SSSR count). The molecule has 2 heterocycles. The van der Waals surface area contributed by atoms with E-state index in [2.05, 4.69) is 44.6 Å². The fourth-order valence-electron chi connectivity index (χ4n) is 2.43. The first-order valence-electron chi connectivity index (χ1n) is 5.99. The first-order chi connectivity index (χ1) is 7.87. The first kappa shape index (κ1) is 12.6. The molecular weight excluding hydrogens is 232 g/mol.